The number of benzene rings is 2. The molecule has 26 heavy (non-hydrogen) atoms. The molecule has 0 aliphatic rings. The highest BCUT2D eigenvalue weighted by molar-refractivity contribution is 8.02. The van der Waals surface area contributed by atoms with Gasteiger partial charge in [-0.25, -0.2) is 9.18 Å². The third kappa shape index (κ3) is 4.12. The molecule has 3 rings (SSSR count). The minimum Gasteiger partial charge on any atom is -0.495 e. The zero-order valence-corrected chi connectivity index (χ0v) is 15.8. The van der Waals surface area contributed by atoms with E-state index in [-0.39, 0.29) is 5.75 Å². The molecule has 0 spiro atoms. The van der Waals surface area contributed by atoms with Crippen LogP contribution in [0.1, 0.15) is 10.4 Å². The first kappa shape index (κ1) is 18.6. The van der Waals surface area contributed by atoms with Crippen LogP contribution in [0.5, 0.6) is 5.75 Å². The van der Waals surface area contributed by atoms with Crippen LogP contribution in [0.15, 0.2) is 52.7 Å². The number of carbonyl (C=O) groups is 1. The summed E-state index contributed by atoms with van der Waals surface area (Å²) in [7, 11) is 1.40. The van der Waals surface area contributed by atoms with Gasteiger partial charge in [-0.15, -0.1) is 11.3 Å². The summed E-state index contributed by atoms with van der Waals surface area (Å²) < 4.78 is 23.0. The van der Waals surface area contributed by atoms with Crippen molar-refractivity contribution in [1.82, 2.24) is 0 Å². The number of aromatic carboxylic acids is 1. The molecule has 0 amide bonds. The molecule has 0 atom stereocenters. The van der Waals surface area contributed by atoms with Gasteiger partial charge < -0.3 is 14.6 Å². The van der Waals surface area contributed by atoms with Crippen molar-refractivity contribution < 1.29 is 19.0 Å². The second-order valence-corrected chi connectivity index (χ2v) is 7.79. The summed E-state index contributed by atoms with van der Waals surface area (Å²) in [5, 5.41) is 9.67. The smallest absolute Gasteiger partial charge is 0.338 e. The van der Waals surface area contributed by atoms with Crippen molar-refractivity contribution in [1.29, 1.82) is 0 Å². The number of carboxylic acid groups (broad SMARTS) is 1. The molecule has 2 aromatic carbocycles. The Kier molecular flexibility index (Phi) is 5.70. The predicted octanol–water partition coefficient (Wildman–Crippen LogP) is 6.03. The maximum absolute atomic E-state index is 13.9. The van der Waals surface area contributed by atoms with E-state index in [0.29, 0.717) is 10.7 Å². The fourth-order valence-corrected chi connectivity index (χ4v) is 4.15. The molecule has 0 saturated carbocycles. The van der Waals surface area contributed by atoms with Crippen LogP contribution < -0.4 is 9.46 Å². The number of hydrogen-bond donors (Lipinski definition) is 2. The molecule has 0 unspecified atom stereocenters. The number of ether oxygens (including phenoxy) is 1. The molecule has 2 N–H and O–H groups in total. The molecular formula is C18H13ClFNO3S2. The minimum absolute atomic E-state index is 0.255. The lowest BCUT2D eigenvalue weighted by Gasteiger charge is -2.11. The number of halogens is 2. The van der Waals surface area contributed by atoms with Gasteiger partial charge in [-0.2, -0.15) is 0 Å². The van der Waals surface area contributed by atoms with Crippen LogP contribution in [0, 0.1) is 5.82 Å². The fourth-order valence-electron chi connectivity index (χ4n) is 2.22. The van der Waals surface area contributed by atoms with Gasteiger partial charge >= 0.3 is 5.97 Å². The lowest BCUT2D eigenvalue weighted by Crippen LogP contribution is -2.03. The van der Waals surface area contributed by atoms with Gasteiger partial charge in [-0.3, -0.25) is 0 Å². The van der Waals surface area contributed by atoms with Gasteiger partial charge in [0.05, 0.1) is 22.6 Å². The van der Waals surface area contributed by atoms with Gasteiger partial charge in [-0.05, 0) is 47.8 Å². The maximum Gasteiger partial charge on any atom is 0.338 e. The lowest BCUT2D eigenvalue weighted by atomic mass is 10.2. The third-order valence-electron chi connectivity index (χ3n) is 3.49. The summed E-state index contributed by atoms with van der Waals surface area (Å²) in [5.41, 5.74) is 0.987. The van der Waals surface area contributed by atoms with Crippen molar-refractivity contribution >= 4 is 46.5 Å². The van der Waals surface area contributed by atoms with Gasteiger partial charge in [-0.1, -0.05) is 23.7 Å². The number of methoxy groups -OCH3 is 1. The monoisotopic (exact) mass is 409 g/mol. The van der Waals surface area contributed by atoms with E-state index in [1.165, 1.54) is 19.1 Å². The van der Waals surface area contributed by atoms with Crippen LogP contribution in [0.2, 0.25) is 5.02 Å². The van der Waals surface area contributed by atoms with E-state index in [9.17, 15) is 9.18 Å². The van der Waals surface area contributed by atoms with Crippen molar-refractivity contribution in [2.45, 2.75) is 4.21 Å². The van der Waals surface area contributed by atoms with Crippen LogP contribution in [-0.2, 0) is 0 Å². The zero-order chi connectivity index (χ0) is 18.7. The minimum atomic E-state index is -1.34. The lowest BCUT2D eigenvalue weighted by molar-refractivity contribution is 0.0691. The summed E-state index contributed by atoms with van der Waals surface area (Å²) in [6.45, 7) is 0. The standard InChI is InChI=1S/C18H13ClFNO3S2/c1-24-15-8-12(18(22)23)13(20)9-14(15)21-26-17-7-6-16(25-17)10-2-4-11(19)5-3-10/h2-9,21H,1H3,(H,22,23). The largest absolute Gasteiger partial charge is 0.495 e. The first-order chi connectivity index (χ1) is 12.5. The van der Waals surface area contributed by atoms with E-state index in [4.69, 9.17) is 21.4 Å². The normalized spacial score (nSPS) is 10.6. The predicted molar refractivity (Wildman–Crippen MR) is 104 cm³/mol. The number of hydrogen-bond acceptors (Lipinski definition) is 5. The van der Waals surface area contributed by atoms with Crippen LogP contribution in [0.3, 0.4) is 0 Å². The first-order valence-electron chi connectivity index (χ1n) is 7.37. The molecule has 0 saturated heterocycles. The van der Waals surface area contributed by atoms with E-state index >= 15 is 0 Å². The van der Waals surface area contributed by atoms with Crippen LogP contribution >= 0.6 is 34.9 Å². The van der Waals surface area contributed by atoms with Crippen molar-refractivity contribution in [3.05, 3.63) is 64.9 Å². The Hall–Kier alpha value is -2.22. The average molecular weight is 410 g/mol. The number of nitrogens with one attached hydrogen (secondary N) is 1. The average Bonchev–Trinajstić information content (AvgIpc) is 3.09. The summed E-state index contributed by atoms with van der Waals surface area (Å²) >= 11 is 8.76. The molecule has 0 aliphatic heterocycles. The van der Waals surface area contributed by atoms with Gasteiger partial charge in [0, 0.05) is 16.0 Å². The molecule has 0 aliphatic carbocycles. The summed E-state index contributed by atoms with van der Waals surface area (Å²) in [6.07, 6.45) is 0. The molecule has 1 heterocycles. The van der Waals surface area contributed by atoms with Crippen molar-refractivity contribution in [3.8, 4) is 16.2 Å². The highest BCUT2D eigenvalue weighted by Crippen LogP contribution is 2.37. The molecule has 1 aromatic heterocycles. The summed E-state index contributed by atoms with van der Waals surface area (Å²) in [5.74, 6) is -1.91. The third-order valence-corrected chi connectivity index (χ3v) is 5.83. The van der Waals surface area contributed by atoms with E-state index in [1.807, 2.05) is 36.4 Å². The second-order valence-electron chi connectivity index (χ2n) is 5.17. The number of rotatable bonds is 6. The Morgan fingerprint density at radius 3 is 2.62 bits per heavy atom. The quantitative estimate of drug-likeness (QED) is 0.486. The Morgan fingerprint density at radius 2 is 1.96 bits per heavy atom. The zero-order valence-electron chi connectivity index (χ0n) is 13.5. The highest BCUT2D eigenvalue weighted by Gasteiger charge is 2.16. The SMILES string of the molecule is COc1cc(C(=O)O)c(F)cc1NSc1ccc(-c2ccc(Cl)cc2)s1. The maximum atomic E-state index is 13.9. The van der Waals surface area contributed by atoms with Gasteiger partial charge in [0.15, 0.2) is 0 Å². The number of thiophene rings is 1. The molecule has 4 nitrogen and oxygen atoms in total. The fraction of sp³-hybridized carbons (Fsp3) is 0.0556. The number of carboxylic acids is 1. The van der Waals surface area contributed by atoms with Crippen LogP contribution in [0.25, 0.3) is 10.4 Å². The Labute approximate surface area is 162 Å². The molecule has 3 aromatic rings. The van der Waals surface area contributed by atoms with Gasteiger partial charge in [0.2, 0.25) is 0 Å². The van der Waals surface area contributed by atoms with Gasteiger partial charge in [0.25, 0.3) is 0 Å². The van der Waals surface area contributed by atoms with Crippen LogP contribution in [0.4, 0.5) is 10.1 Å². The summed E-state index contributed by atoms with van der Waals surface area (Å²) in [4.78, 5) is 12.1. The first-order valence-corrected chi connectivity index (χ1v) is 9.38. The van der Waals surface area contributed by atoms with Crippen molar-refractivity contribution in [2.24, 2.45) is 0 Å². The van der Waals surface area contributed by atoms with Crippen LogP contribution in [-0.4, -0.2) is 18.2 Å². The molecule has 8 heteroatoms. The molecule has 0 fully saturated rings. The molecule has 0 bridgehead atoms. The van der Waals surface area contributed by atoms with Crippen molar-refractivity contribution in [3.63, 3.8) is 0 Å². The molecule has 0 radical (unpaired) electrons. The highest BCUT2D eigenvalue weighted by atomic mass is 35.5. The van der Waals surface area contributed by atoms with Gasteiger partial charge in [0.1, 0.15) is 11.6 Å². The Bertz CT molecular complexity index is 944. The van der Waals surface area contributed by atoms with E-state index < -0.39 is 17.3 Å². The Morgan fingerprint density at radius 1 is 1.23 bits per heavy atom. The van der Waals surface area contributed by atoms with E-state index in [2.05, 4.69) is 4.72 Å². The van der Waals surface area contributed by atoms with Crippen molar-refractivity contribution in [2.75, 3.05) is 11.8 Å². The molecule has 134 valence electrons. The van der Waals surface area contributed by atoms with E-state index in [1.54, 1.807) is 11.3 Å². The summed E-state index contributed by atoms with van der Waals surface area (Å²) in [6, 6.07) is 13.8. The Balaban J connectivity index is 1.76. The number of anilines is 1. The topological polar surface area (TPSA) is 58.6 Å². The second kappa shape index (κ2) is 7.99. The van der Waals surface area contributed by atoms with E-state index in [0.717, 1.165) is 26.8 Å². The molecular weight excluding hydrogens is 397 g/mol.